The minimum Gasteiger partial charge on any atom is -0.319 e. The first-order valence-corrected chi connectivity index (χ1v) is 6.52. The fourth-order valence-electron chi connectivity index (χ4n) is 2.85. The number of likely N-dealkylation sites (tertiary alicyclic amines) is 1. The van der Waals surface area contributed by atoms with Crippen LogP contribution < -0.4 is 5.32 Å². The van der Waals surface area contributed by atoms with E-state index in [9.17, 15) is 0 Å². The van der Waals surface area contributed by atoms with Gasteiger partial charge in [0.05, 0.1) is 6.07 Å². The Kier molecular flexibility index (Phi) is 3.83. The third-order valence-electron chi connectivity index (χ3n) is 4.17. The van der Waals surface area contributed by atoms with Gasteiger partial charge in [-0.1, -0.05) is 0 Å². The number of nitrogens with one attached hydrogen (secondary N) is 1. The molecule has 0 aromatic heterocycles. The molecule has 1 aliphatic carbocycles. The number of piperidine rings is 1. The molecule has 3 nitrogen and oxygen atoms in total. The lowest BCUT2D eigenvalue weighted by atomic mass is 9.94. The van der Waals surface area contributed by atoms with Gasteiger partial charge >= 0.3 is 0 Å². The minimum atomic E-state index is 0.393. The average molecular weight is 221 g/mol. The lowest BCUT2D eigenvalue weighted by Gasteiger charge is -2.34. The van der Waals surface area contributed by atoms with Gasteiger partial charge < -0.3 is 10.2 Å². The summed E-state index contributed by atoms with van der Waals surface area (Å²) in [6.45, 7) is 4.81. The summed E-state index contributed by atoms with van der Waals surface area (Å²) in [5.74, 6) is 0.868. The Labute approximate surface area is 98.8 Å². The third-order valence-corrected chi connectivity index (χ3v) is 4.17. The molecule has 0 radical (unpaired) electrons. The van der Waals surface area contributed by atoms with Gasteiger partial charge in [0, 0.05) is 13.0 Å². The molecule has 0 bridgehead atoms. The SMILES string of the molecule is CNCC1CCN(CC2(CC#N)CC2)CC1. The largest absolute Gasteiger partial charge is 0.319 e. The maximum atomic E-state index is 8.81. The van der Waals surface area contributed by atoms with Crippen molar-refractivity contribution >= 4 is 0 Å². The number of hydrogen-bond donors (Lipinski definition) is 1. The van der Waals surface area contributed by atoms with Crippen LogP contribution in [0.5, 0.6) is 0 Å². The highest BCUT2D eigenvalue weighted by atomic mass is 15.1. The van der Waals surface area contributed by atoms with E-state index in [4.69, 9.17) is 5.26 Å². The molecule has 0 atom stereocenters. The van der Waals surface area contributed by atoms with E-state index in [0.29, 0.717) is 5.41 Å². The molecule has 1 aliphatic heterocycles. The van der Waals surface area contributed by atoms with Crippen LogP contribution in [0.1, 0.15) is 32.1 Å². The predicted octanol–water partition coefficient (Wildman–Crippen LogP) is 1.61. The smallest absolute Gasteiger partial charge is 0.0628 e. The van der Waals surface area contributed by atoms with E-state index in [-0.39, 0.29) is 0 Å². The van der Waals surface area contributed by atoms with Crippen molar-refractivity contribution in [2.75, 3.05) is 33.2 Å². The van der Waals surface area contributed by atoms with E-state index >= 15 is 0 Å². The molecular weight excluding hydrogens is 198 g/mol. The van der Waals surface area contributed by atoms with Crippen LogP contribution in [-0.4, -0.2) is 38.1 Å². The first kappa shape index (κ1) is 11.9. The summed E-state index contributed by atoms with van der Waals surface area (Å²) in [4.78, 5) is 2.58. The summed E-state index contributed by atoms with van der Waals surface area (Å²) in [5, 5.41) is 12.1. The van der Waals surface area contributed by atoms with Crippen molar-refractivity contribution in [3.8, 4) is 6.07 Å². The van der Waals surface area contributed by atoms with Crippen LogP contribution in [0.3, 0.4) is 0 Å². The fraction of sp³-hybridized carbons (Fsp3) is 0.923. The zero-order chi connectivity index (χ0) is 11.4. The highest BCUT2D eigenvalue weighted by molar-refractivity contribution is 5.01. The number of hydrogen-bond acceptors (Lipinski definition) is 3. The van der Waals surface area contributed by atoms with E-state index in [0.717, 1.165) is 18.9 Å². The van der Waals surface area contributed by atoms with Gasteiger partial charge in [0.1, 0.15) is 0 Å². The molecule has 1 saturated carbocycles. The lowest BCUT2D eigenvalue weighted by Crippen LogP contribution is -2.39. The van der Waals surface area contributed by atoms with Crippen LogP contribution in [0.25, 0.3) is 0 Å². The van der Waals surface area contributed by atoms with Gasteiger partial charge in [0.25, 0.3) is 0 Å². The molecule has 0 unspecified atom stereocenters. The van der Waals surface area contributed by atoms with Gasteiger partial charge in [-0.05, 0) is 63.7 Å². The highest BCUT2D eigenvalue weighted by Crippen LogP contribution is 2.49. The Morgan fingerprint density at radius 1 is 1.38 bits per heavy atom. The first-order valence-electron chi connectivity index (χ1n) is 6.52. The fourth-order valence-corrected chi connectivity index (χ4v) is 2.85. The van der Waals surface area contributed by atoms with Crippen LogP contribution in [0.4, 0.5) is 0 Å². The van der Waals surface area contributed by atoms with Gasteiger partial charge in [-0.15, -0.1) is 0 Å². The van der Waals surface area contributed by atoms with Crippen LogP contribution >= 0.6 is 0 Å². The van der Waals surface area contributed by atoms with Gasteiger partial charge in [-0.25, -0.2) is 0 Å². The van der Waals surface area contributed by atoms with E-state index in [2.05, 4.69) is 16.3 Å². The topological polar surface area (TPSA) is 39.1 Å². The first-order chi connectivity index (χ1) is 7.78. The van der Waals surface area contributed by atoms with Crippen molar-refractivity contribution < 1.29 is 0 Å². The molecule has 1 saturated heterocycles. The van der Waals surface area contributed by atoms with Crippen molar-refractivity contribution in [2.24, 2.45) is 11.3 Å². The van der Waals surface area contributed by atoms with Crippen LogP contribution in [0.15, 0.2) is 0 Å². The number of nitrogens with zero attached hydrogens (tertiary/aromatic N) is 2. The van der Waals surface area contributed by atoms with Crippen molar-refractivity contribution in [1.82, 2.24) is 10.2 Å². The van der Waals surface area contributed by atoms with Gasteiger partial charge in [-0.2, -0.15) is 5.26 Å². The van der Waals surface area contributed by atoms with Crippen LogP contribution in [-0.2, 0) is 0 Å². The second kappa shape index (κ2) is 5.16. The molecule has 0 aromatic carbocycles. The van der Waals surface area contributed by atoms with Crippen molar-refractivity contribution in [3.63, 3.8) is 0 Å². The summed E-state index contributed by atoms with van der Waals surface area (Å²) in [6.07, 6.45) is 5.96. The van der Waals surface area contributed by atoms with E-state index in [1.807, 2.05) is 7.05 Å². The van der Waals surface area contributed by atoms with E-state index in [1.54, 1.807) is 0 Å². The molecule has 1 N–H and O–H groups in total. The van der Waals surface area contributed by atoms with Gasteiger partial charge in [-0.3, -0.25) is 0 Å². The van der Waals surface area contributed by atoms with Crippen molar-refractivity contribution in [3.05, 3.63) is 0 Å². The molecule has 16 heavy (non-hydrogen) atoms. The molecular formula is C13H23N3. The Bertz CT molecular complexity index is 257. The lowest BCUT2D eigenvalue weighted by molar-refractivity contribution is 0.154. The van der Waals surface area contributed by atoms with Crippen LogP contribution in [0, 0.1) is 22.7 Å². The average Bonchev–Trinajstić information content (AvgIpc) is 3.02. The summed E-state index contributed by atoms with van der Waals surface area (Å²) in [6, 6.07) is 2.35. The molecule has 3 heteroatoms. The maximum Gasteiger partial charge on any atom is 0.0628 e. The standard InChI is InChI=1S/C13H23N3/c1-15-10-12-2-8-16(9-3-12)11-13(4-5-13)6-7-14/h12,15H,2-6,8-11H2,1H3. The maximum absolute atomic E-state index is 8.81. The normalized spacial score (nSPS) is 25.2. The van der Waals surface area contributed by atoms with Gasteiger partial charge in [0.15, 0.2) is 0 Å². The molecule has 2 rings (SSSR count). The molecule has 2 aliphatic rings. The monoisotopic (exact) mass is 221 g/mol. The van der Waals surface area contributed by atoms with Crippen molar-refractivity contribution in [2.45, 2.75) is 32.1 Å². The second-order valence-corrected chi connectivity index (χ2v) is 5.61. The zero-order valence-electron chi connectivity index (χ0n) is 10.3. The van der Waals surface area contributed by atoms with Crippen molar-refractivity contribution in [1.29, 1.82) is 5.26 Å². The minimum absolute atomic E-state index is 0.393. The predicted molar refractivity (Wildman–Crippen MR) is 65.0 cm³/mol. The molecule has 2 fully saturated rings. The molecule has 90 valence electrons. The Hall–Kier alpha value is -0.590. The molecule has 0 amide bonds. The molecule has 1 heterocycles. The van der Waals surface area contributed by atoms with E-state index in [1.165, 1.54) is 45.3 Å². The summed E-state index contributed by atoms with van der Waals surface area (Å²) in [5.41, 5.74) is 0.393. The quantitative estimate of drug-likeness (QED) is 0.766. The van der Waals surface area contributed by atoms with E-state index < -0.39 is 0 Å². The Morgan fingerprint density at radius 2 is 2.06 bits per heavy atom. The molecule has 0 spiro atoms. The van der Waals surface area contributed by atoms with Gasteiger partial charge in [0.2, 0.25) is 0 Å². The highest BCUT2D eigenvalue weighted by Gasteiger charge is 2.43. The molecule has 0 aromatic rings. The van der Waals surface area contributed by atoms with Crippen LogP contribution in [0.2, 0.25) is 0 Å². The Morgan fingerprint density at radius 3 is 2.56 bits per heavy atom. The zero-order valence-corrected chi connectivity index (χ0v) is 10.3. The summed E-state index contributed by atoms with van der Waals surface area (Å²) in [7, 11) is 2.04. The summed E-state index contributed by atoms with van der Waals surface area (Å²) < 4.78 is 0. The second-order valence-electron chi connectivity index (χ2n) is 5.61. The Balaban J connectivity index is 1.71. The number of nitriles is 1. The summed E-state index contributed by atoms with van der Waals surface area (Å²) >= 11 is 0. The number of rotatable bonds is 5. The third kappa shape index (κ3) is 2.96.